The maximum absolute atomic E-state index is 14.1. The molecule has 0 aromatic rings. The number of piperidine rings is 2. The molecule has 2 fully saturated rings. The van der Waals surface area contributed by atoms with Gasteiger partial charge in [-0.05, 0) is 69.4 Å². The molecule has 25 heavy (non-hydrogen) atoms. The summed E-state index contributed by atoms with van der Waals surface area (Å²) >= 11 is 0. The van der Waals surface area contributed by atoms with Gasteiger partial charge in [-0.15, -0.1) is 0 Å². The molecule has 2 heterocycles. The van der Waals surface area contributed by atoms with E-state index in [1.165, 1.54) is 23.1 Å². The third-order valence-corrected chi connectivity index (χ3v) is 6.71. The van der Waals surface area contributed by atoms with Crippen molar-refractivity contribution in [3.05, 3.63) is 35.5 Å². The average molecular weight is 346 g/mol. The van der Waals surface area contributed by atoms with E-state index in [1.807, 2.05) is 0 Å². The Morgan fingerprint density at radius 1 is 1.36 bits per heavy atom. The van der Waals surface area contributed by atoms with Crippen molar-refractivity contribution in [1.29, 1.82) is 0 Å². The summed E-state index contributed by atoms with van der Waals surface area (Å²) in [4.78, 5) is 2.69. The molecule has 1 nitrogen and oxygen atoms in total. The van der Waals surface area contributed by atoms with Crippen LogP contribution in [0.2, 0.25) is 0 Å². The van der Waals surface area contributed by atoms with Crippen LogP contribution in [0.3, 0.4) is 0 Å². The summed E-state index contributed by atoms with van der Waals surface area (Å²) in [6.07, 6.45) is 10.3. The molecule has 2 heteroatoms. The number of fused-ring (bicyclic) bond motifs is 3. The monoisotopic (exact) mass is 345 g/mol. The van der Waals surface area contributed by atoms with Crippen LogP contribution < -0.4 is 0 Å². The molecular weight excluding hydrogens is 309 g/mol. The lowest BCUT2D eigenvalue weighted by atomic mass is 9.61. The zero-order chi connectivity index (χ0) is 18.2. The van der Waals surface area contributed by atoms with Gasteiger partial charge in [0.2, 0.25) is 0 Å². The second-order valence-electron chi connectivity index (χ2n) is 9.15. The first-order chi connectivity index (χ1) is 11.8. The molecule has 0 saturated carbocycles. The lowest BCUT2D eigenvalue weighted by molar-refractivity contribution is 0.0615. The van der Waals surface area contributed by atoms with E-state index >= 15 is 0 Å². The van der Waals surface area contributed by atoms with Crippen molar-refractivity contribution in [3.63, 3.8) is 0 Å². The molecule has 0 spiro atoms. The largest absolute Gasteiger partial charge is 0.296 e. The van der Waals surface area contributed by atoms with E-state index in [-0.39, 0.29) is 5.41 Å². The molecule has 0 radical (unpaired) electrons. The standard InChI is InChI=1S/C23H36FN/c1-6-19-7-8-23(14-18(5)24)9-10-25-15-20(11-16(2)3)17(4)12-22(25)21(23)13-19/h7,13,16,18,20,22H,4,6,8-12,14-15H2,1-3,5H3. The first kappa shape index (κ1) is 18.9. The summed E-state index contributed by atoms with van der Waals surface area (Å²) in [6, 6.07) is 0.457. The summed E-state index contributed by atoms with van der Waals surface area (Å²) in [6.45, 7) is 15.3. The van der Waals surface area contributed by atoms with Crippen LogP contribution in [0.25, 0.3) is 0 Å². The maximum atomic E-state index is 14.1. The van der Waals surface area contributed by atoms with Crippen molar-refractivity contribution in [1.82, 2.24) is 4.90 Å². The summed E-state index contributed by atoms with van der Waals surface area (Å²) in [5.74, 6) is 1.35. The van der Waals surface area contributed by atoms with Crippen LogP contribution in [-0.4, -0.2) is 30.2 Å². The minimum atomic E-state index is -0.730. The van der Waals surface area contributed by atoms with Crippen LogP contribution in [0.1, 0.15) is 66.2 Å². The van der Waals surface area contributed by atoms with Crippen LogP contribution in [0.15, 0.2) is 35.5 Å². The Hall–Kier alpha value is -0.890. The summed E-state index contributed by atoms with van der Waals surface area (Å²) < 4.78 is 14.1. The minimum absolute atomic E-state index is 0.0547. The maximum Gasteiger partial charge on any atom is 0.0982 e. The highest BCUT2D eigenvalue weighted by molar-refractivity contribution is 5.39. The second-order valence-corrected chi connectivity index (χ2v) is 9.15. The molecule has 2 aliphatic heterocycles. The van der Waals surface area contributed by atoms with E-state index < -0.39 is 6.17 Å². The van der Waals surface area contributed by atoms with E-state index in [2.05, 4.69) is 44.4 Å². The van der Waals surface area contributed by atoms with E-state index in [9.17, 15) is 4.39 Å². The summed E-state index contributed by atoms with van der Waals surface area (Å²) in [7, 11) is 0. The van der Waals surface area contributed by atoms with Gasteiger partial charge in [0.25, 0.3) is 0 Å². The van der Waals surface area contributed by atoms with Crippen molar-refractivity contribution in [2.75, 3.05) is 13.1 Å². The normalized spacial score (nSPS) is 34.2. The molecule has 0 bridgehead atoms. The fourth-order valence-corrected chi connectivity index (χ4v) is 5.45. The van der Waals surface area contributed by atoms with Crippen molar-refractivity contribution >= 4 is 0 Å². The van der Waals surface area contributed by atoms with Crippen molar-refractivity contribution < 1.29 is 4.39 Å². The number of rotatable bonds is 5. The molecule has 2 saturated heterocycles. The van der Waals surface area contributed by atoms with Gasteiger partial charge in [0, 0.05) is 18.0 Å². The number of alkyl halides is 1. The van der Waals surface area contributed by atoms with Gasteiger partial charge < -0.3 is 0 Å². The third-order valence-electron chi connectivity index (χ3n) is 6.71. The topological polar surface area (TPSA) is 3.24 Å². The fraction of sp³-hybridized carbons (Fsp3) is 0.739. The van der Waals surface area contributed by atoms with Gasteiger partial charge >= 0.3 is 0 Å². The molecule has 0 N–H and O–H groups in total. The molecule has 4 atom stereocenters. The fourth-order valence-electron chi connectivity index (χ4n) is 5.45. The Balaban J connectivity index is 1.88. The van der Waals surface area contributed by atoms with E-state index in [0.29, 0.717) is 18.4 Å². The zero-order valence-electron chi connectivity index (χ0n) is 16.7. The first-order valence-corrected chi connectivity index (χ1v) is 10.3. The van der Waals surface area contributed by atoms with Gasteiger partial charge in [0.1, 0.15) is 0 Å². The average Bonchev–Trinajstić information content (AvgIpc) is 2.54. The van der Waals surface area contributed by atoms with Gasteiger partial charge in [-0.2, -0.15) is 0 Å². The first-order valence-electron chi connectivity index (χ1n) is 10.3. The van der Waals surface area contributed by atoms with Crippen LogP contribution in [0.4, 0.5) is 4.39 Å². The minimum Gasteiger partial charge on any atom is -0.296 e. The van der Waals surface area contributed by atoms with Crippen LogP contribution >= 0.6 is 0 Å². The molecule has 4 unspecified atom stereocenters. The lowest BCUT2D eigenvalue weighted by Gasteiger charge is -2.54. The Morgan fingerprint density at radius 2 is 2.12 bits per heavy atom. The predicted molar refractivity (Wildman–Crippen MR) is 105 cm³/mol. The van der Waals surface area contributed by atoms with Gasteiger partial charge in [-0.3, -0.25) is 4.90 Å². The van der Waals surface area contributed by atoms with E-state index in [1.54, 1.807) is 6.92 Å². The highest BCUT2D eigenvalue weighted by Crippen LogP contribution is 2.52. The number of hydrogen-bond acceptors (Lipinski definition) is 1. The van der Waals surface area contributed by atoms with Crippen molar-refractivity contribution in [2.45, 2.75) is 78.4 Å². The molecular formula is C23H36FN. The Labute approximate surface area is 154 Å². The van der Waals surface area contributed by atoms with Gasteiger partial charge in [0.05, 0.1) is 6.17 Å². The van der Waals surface area contributed by atoms with Gasteiger partial charge in [0.15, 0.2) is 0 Å². The Morgan fingerprint density at radius 3 is 2.76 bits per heavy atom. The number of nitrogens with zero attached hydrogens (tertiary/aromatic N) is 1. The molecule has 3 aliphatic rings. The van der Waals surface area contributed by atoms with E-state index in [0.717, 1.165) is 44.7 Å². The molecule has 0 aromatic carbocycles. The van der Waals surface area contributed by atoms with Gasteiger partial charge in [-0.1, -0.05) is 50.6 Å². The molecule has 3 rings (SSSR count). The zero-order valence-corrected chi connectivity index (χ0v) is 16.7. The number of allylic oxidation sites excluding steroid dienone is 3. The molecule has 1 aliphatic carbocycles. The third kappa shape index (κ3) is 3.79. The smallest absolute Gasteiger partial charge is 0.0982 e. The summed E-state index contributed by atoms with van der Waals surface area (Å²) in [5.41, 5.74) is 4.44. The van der Waals surface area contributed by atoms with Crippen molar-refractivity contribution in [3.8, 4) is 0 Å². The summed E-state index contributed by atoms with van der Waals surface area (Å²) in [5, 5.41) is 0. The van der Waals surface area contributed by atoms with Crippen LogP contribution in [0, 0.1) is 17.3 Å². The number of hydrogen-bond donors (Lipinski definition) is 0. The highest BCUT2D eigenvalue weighted by Gasteiger charge is 2.47. The Kier molecular flexibility index (Phi) is 5.58. The van der Waals surface area contributed by atoms with Crippen LogP contribution in [-0.2, 0) is 0 Å². The Bertz CT molecular complexity index is 571. The number of halogens is 1. The second kappa shape index (κ2) is 7.39. The molecule has 0 amide bonds. The predicted octanol–water partition coefficient (Wildman–Crippen LogP) is 6.08. The SMILES string of the molecule is C=C1CC2C3=CC(CC)=CCC3(CC(C)F)CCN2CC1CC(C)C. The quantitative estimate of drug-likeness (QED) is 0.545. The molecule has 140 valence electrons. The highest BCUT2D eigenvalue weighted by atomic mass is 19.1. The van der Waals surface area contributed by atoms with Crippen molar-refractivity contribution in [2.24, 2.45) is 17.3 Å². The van der Waals surface area contributed by atoms with Crippen LogP contribution in [0.5, 0.6) is 0 Å². The molecule has 0 aromatic heterocycles. The van der Waals surface area contributed by atoms with E-state index in [4.69, 9.17) is 0 Å². The lowest BCUT2D eigenvalue weighted by Crippen LogP contribution is -2.54. The van der Waals surface area contributed by atoms with Gasteiger partial charge in [-0.25, -0.2) is 4.39 Å².